The van der Waals surface area contributed by atoms with E-state index in [4.69, 9.17) is 11.6 Å². The Labute approximate surface area is 206 Å². The highest BCUT2D eigenvalue weighted by Crippen LogP contribution is 2.54. The molecule has 0 aliphatic heterocycles. The summed E-state index contributed by atoms with van der Waals surface area (Å²) in [5.74, 6) is -4.00. The molecule has 190 valence electrons. The van der Waals surface area contributed by atoms with Crippen molar-refractivity contribution in [3.8, 4) is 0 Å². The highest BCUT2D eigenvalue weighted by atomic mass is 35.5. The molecule has 2 aliphatic carbocycles. The Hall–Kier alpha value is -2.11. The highest BCUT2D eigenvalue weighted by Gasteiger charge is 2.59. The second-order valence-electron chi connectivity index (χ2n) is 9.41. The molecule has 2 saturated carbocycles. The number of carbonyl (C=O) groups excluding carboxylic acids is 1. The average molecular weight is 530 g/mol. The fourth-order valence-electron chi connectivity index (χ4n) is 5.48. The first-order valence-corrected chi connectivity index (χ1v) is 13.2. The van der Waals surface area contributed by atoms with Crippen LogP contribution in [0.1, 0.15) is 43.0 Å². The topological polar surface area (TPSA) is 124 Å². The molecule has 2 unspecified atom stereocenters. The van der Waals surface area contributed by atoms with Gasteiger partial charge in [0, 0.05) is 17.3 Å². The van der Waals surface area contributed by atoms with Crippen LogP contribution in [0.5, 0.6) is 0 Å². The molecule has 1 amide bonds. The number of fused-ring (bicyclic) bond motifs is 2. The van der Waals surface area contributed by atoms with E-state index in [2.05, 4.69) is 5.32 Å². The van der Waals surface area contributed by atoms with Crippen molar-refractivity contribution >= 4 is 33.0 Å². The SMILES string of the molecule is C[C@H](O)[C@H](O)C1(O)[C@@H]2CC[C@H]1CC(S(=O)(=O)c1cc(C(=O)Nc3ccc(F)c(F)c3)ccc1Cl)C2. The summed E-state index contributed by atoms with van der Waals surface area (Å²) in [6.45, 7) is 1.38. The monoisotopic (exact) mass is 529 g/mol. The molecule has 4 rings (SSSR count). The summed E-state index contributed by atoms with van der Waals surface area (Å²) in [6, 6.07) is 6.57. The summed E-state index contributed by atoms with van der Waals surface area (Å²) in [5.41, 5.74) is -1.62. The molecule has 0 spiro atoms. The van der Waals surface area contributed by atoms with Crippen molar-refractivity contribution < 1.29 is 37.3 Å². The predicted molar refractivity (Wildman–Crippen MR) is 125 cm³/mol. The van der Waals surface area contributed by atoms with Gasteiger partial charge in [0.15, 0.2) is 21.5 Å². The molecule has 7 nitrogen and oxygen atoms in total. The molecule has 35 heavy (non-hydrogen) atoms. The third kappa shape index (κ3) is 4.58. The first-order chi connectivity index (χ1) is 16.4. The van der Waals surface area contributed by atoms with Gasteiger partial charge in [-0.15, -0.1) is 0 Å². The van der Waals surface area contributed by atoms with Gasteiger partial charge in [-0.2, -0.15) is 0 Å². The van der Waals surface area contributed by atoms with E-state index in [1.807, 2.05) is 0 Å². The number of nitrogens with one attached hydrogen (secondary N) is 1. The van der Waals surface area contributed by atoms with E-state index in [0.29, 0.717) is 12.8 Å². The third-order valence-corrected chi connectivity index (χ3v) is 9.97. The predicted octanol–water partition coefficient (Wildman–Crippen LogP) is 3.31. The molecule has 2 aromatic carbocycles. The summed E-state index contributed by atoms with van der Waals surface area (Å²) in [6.07, 6.45) is -1.39. The van der Waals surface area contributed by atoms with Crippen molar-refractivity contribution in [1.82, 2.24) is 0 Å². The van der Waals surface area contributed by atoms with Gasteiger partial charge in [-0.3, -0.25) is 4.79 Å². The second-order valence-corrected chi connectivity index (χ2v) is 12.0. The quantitative estimate of drug-likeness (QED) is 0.455. The zero-order chi connectivity index (χ0) is 25.7. The third-order valence-electron chi connectivity index (χ3n) is 7.31. The Kier molecular flexibility index (Phi) is 6.98. The van der Waals surface area contributed by atoms with Gasteiger partial charge in [0.2, 0.25) is 0 Å². The number of anilines is 1. The minimum atomic E-state index is -4.03. The van der Waals surface area contributed by atoms with Gasteiger partial charge < -0.3 is 20.6 Å². The van der Waals surface area contributed by atoms with E-state index in [1.54, 1.807) is 0 Å². The Bertz CT molecular complexity index is 1240. The van der Waals surface area contributed by atoms with Crippen molar-refractivity contribution in [1.29, 1.82) is 0 Å². The minimum Gasteiger partial charge on any atom is -0.391 e. The van der Waals surface area contributed by atoms with E-state index < -0.39 is 62.3 Å². The summed E-state index contributed by atoms with van der Waals surface area (Å²) in [7, 11) is -4.03. The standard InChI is InChI=1S/C24H26ClF2NO6S/c1-12(29)22(30)24(32)14-3-4-15(24)10-17(9-14)35(33,34)21-8-13(2-6-18(21)25)23(31)28-16-5-7-19(26)20(27)11-16/h2,5-8,11-12,14-15,17,22,29-30,32H,3-4,9-10H2,1H3,(H,28,31)/t12-,14-,15+,17?,22-,24?/m0/s1. The average Bonchev–Trinajstić information content (AvgIpc) is 2.97. The van der Waals surface area contributed by atoms with Crippen LogP contribution >= 0.6 is 11.6 Å². The maximum atomic E-state index is 13.6. The van der Waals surface area contributed by atoms with E-state index in [1.165, 1.54) is 25.1 Å². The molecule has 2 aromatic rings. The highest BCUT2D eigenvalue weighted by molar-refractivity contribution is 7.92. The molecule has 2 fully saturated rings. The first kappa shape index (κ1) is 26.0. The minimum absolute atomic E-state index is 0.00642. The van der Waals surface area contributed by atoms with Gasteiger partial charge in [-0.1, -0.05) is 11.6 Å². The van der Waals surface area contributed by atoms with Gasteiger partial charge in [0.25, 0.3) is 5.91 Å². The maximum Gasteiger partial charge on any atom is 0.255 e. The zero-order valence-electron chi connectivity index (χ0n) is 18.8. The van der Waals surface area contributed by atoms with Crippen LogP contribution in [-0.2, 0) is 9.84 Å². The fourth-order valence-corrected chi connectivity index (χ4v) is 7.89. The summed E-state index contributed by atoms with van der Waals surface area (Å²) >= 11 is 6.21. The van der Waals surface area contributed by atoms with Crippen LogP contribution in [0, 0.1) is 23.5 Å². The van der Waals surface area contributed by atoms with Crippen LogP contribution in [0.4, 0.5) is 14.5 Å². The number of benzene rings is 2. The van der Waals surface area contributed by atoms with Crippen LogP contribution < -0.4 is 5.32 Å². The van der Waals surface area contributed by atoms with Gasteiger partial charge in [-0.05, 0) is 74.8 Å². The molecule has 0 heterocycles. The van der Waals surface area contributed by atoms with Gasteiger partial charge in [0.05, 0.1) is 26.9 Å². The van der Waals surface area contributed by atoms with Crippen LogP contribution in [-0.4, -0.2) is 52.7 Å². The van der Waals surface area contributed by atoms with E-state index >= 15 is 0 Å². The molecule has 6 atom stereocenters. The Morgan fingerprint density at radius 2 is 1.71 bits per heavy atom. The maximum absolute atomic E-state index is 13.6. The molecular formula is C24H26ClF2NO6S. The van der Waals surface area contributed by atoms with Crippen LogP contribution in [0.25, 0.3) is 0 Å². The fraction of sp³-hybridized carbons (Fsp3) is 0.458. The van der Waals surface area contributed by atoms with Gasteiger partial charge in [0.1, 0.15) is 6.10 Å². The van der Waals surface area contributed by atoms with Crippen LogP contribution in [0.15, 0.2) is 41.3 Å². The molecule has 2 aliphatic rings. The molecule has 2 bridgehead atoms. The molecule has 0 radical (unpaired) electrons. The molecular weight excluding hydrogens is 504 g/mol. The lowest BCUT2D eigenvalue weighted by molar-refractivity contribution is -0.172. The van der Waals surface area contributed by atoms with Crippen molar-refractivity contribution in [3.63, 3.8) is 0 Å². The number of rotatable bonds is 6. The lowest BCUT2D eigenvalue weighted by Crippen LogP contribution is -2.58. The van der Waals surface area contributed by atoms with Crippen molar-refractivity contribution in [3.05, 3.63) is 58.6 Å². The number of hydrogen-bond donors (Lipinski definition) is 4. The largest absolute Gasteiger partial charge is 0.391 e. The number of sulfone groups is 1. The summed E-state index contributed by atoms with van der Waals surface area (Å²) < 4.78 is 53.7. The van der Waals surface area contributed by atoms with Crippen LogP contribution in [0.2, 0.25) is 5.02 Å². The molecule has 0 saturated heterocycles. The normalized spacial score (nSPS) is 27.9. The van der Waals surface area contributed by atoms with E-state index in [9.17, 15) is 37.3 Å². The van der Waals surface area contributed by atoms with E-state index in [-0.39, 0.29) is 34.0 Å². The van der Waals surface area contributed by atoms with Gasteiger partial charge >= 0.3 is 0 Å². The number of carbonyl (C=O) groups is 1. The zero-order valence-corrected chi connectivity index (χ0v) is 20.4. The van der Waals surface area contributed by atoms with Gasteiger partial charge in [-0.25, -0.2) is 17.2 Å². The summed E-state index contributed by atoms with van der Waals surface area (Å²) in [5, 5.41) is 32.9. The number of aliphatic hydroxyl groups excluding tert-OH is 2. The Balaban J connectivity index is 1.59. The van der Waals surface area contributed by atoms with Crippen LogP contribution in [0.3, 0.4) is 0 Å². The number of amides is 1. The number of halogens is 3. The second kappa shape index (κ2) is 9.40. The van der Waals surface area contributed by atoms with E-state index in [0.717, 1.165) is 18.2 Å². The molecule has 4 N–H and O–H groups in total. The van der Waals surface area contributed by atoms with Crippen molar-refractivity contribution in [2.75, 3.05) is 5.32 Å². The Morgan fingerprint density at radius 1 is 1.09 bits per heavy atom. The van der Waals surface area contributed by atoms with Crippen molar-refractivity contribution in [2.45, 2.75) is 60.6 Å². The summed E-state index contributed by atoms with van der Waals surface area (Å²) in [4.78, 5) is 12.4. The first-order valence-electron chi connectivity index (χ1n) is 11.2. The number of aliphatic hydroxyl groups is 3. The number of hydrogen-bond acceptors (Lipinski definition) is 6. The smallest absolute Gasteiger partial charge is 0.255 e. The Morgan fingerprint density at radius 3 is 2.29 bits per heavy atom. The van der Waals surface area contributed by atoms with Crippen molar-refractivity contribution in [2.24, 2.45) is 11.8 Å². The lowest BCUT2D eigenvalue weighted by atomic mass is 9.70. The molecule has 0 aromatic heterocycles. The molecule has 11 heteroatoms. The lowest BCUT2D eigenvalue weighted by Gasteiger charge is -2.46.